The second kappa shape index (κ2) is 12.8. The summed E-state index contributed by atoms with van der Waals surface area (Å²) in [7, 11) is 1.34. The molecule has 9 heteroatoms. The summed E-state index contributed by atoms with van der Waals surface area (Å²) in [5, 5.41) is 30.7. The predicted molar refractivity (Wildman–Crippen MR) is 115 cm³/mol. The Morgan fingerprint density at radius 1 is 1.24 bits per heavy atom. The van der Waals surface area contributed by atoms with Crippen LogP contribution in [0.3, 0.4) is 0 Å². The van der Waals surface area contributed by atoms with Crippen molar-refractivity contribution in [3.8, 4) is 5.75 Å². The molecular weight excluding hydrogens is 441 g/mol. The number of aliphatic hydroxyl groups excluding tert-OH is 3. The molecule has 1 aliphatic rings. The third-order valence-corrected chi connectivity index (χ3v) is 5.61. The molecule has 1 aliphatic carbocycles. The van der Waals surface area contributed by atoms with E-state index in [9.17, 15) is 33.3 Å². The summed E-state index contributed by atoms with van der Waals surface area (Å²) in [4.78, 5) is 11.1. The number of unbranched alkanes of at least 4 members (excludes halogenated alkanes) is 1. The van der Waals surface area contributed by atoms with Crippen LogP contribution >= 0.6 is 0 Å². The first-order valence-corrected chi connectivity index (χ1v) is 10.9. The molecule has 1 saturated carbocycles. The Balaban J connectivity index is 1.86. The highest BCUT2D eigenvalue weighted by molar-refractivity contribution is 5.69. The van der Waals surface area contributed by atoms with Gasteiger partial charge in [0.15, 0.2) is 0 Å². The molecule has 2 rings (SSSR count). The van der Waals surface area contributed by atoms with Crippen LogP contribution in [0, 0.1) is 11.8 Å². The van der Waals surface area contributed by atoms with Crippen LogP contribution in [0.25, 0.3) is 0 Å². The molecule has 5 atom stereocenters. The smallest absolute Gasteiger partial charge is 0.416 e. The zero-order valence-electron chi connectivity index (χ0n) is 18.4. The van der Waals surface area contributed by atoms with Gasteiger partial charge in [-0.2, -0.15) is 13.2 Å². The van der Waals surface area contributed by atoms with Gasteiger partial charge in [0.05, 0.1) is 24.9 Å². The molecular formula is C24H31F3O6. The van der Waals surface area contributed by atoms with Crippen LogP contribution in [0.5, 0.6) is 5.75 Å². The van der Waals surface area contributed by atoms with Crippen molar-refractivity contribution in [2.24, 2.45) is 11.8 Å². The molecule has 0 heterocycles. The number of alkyl halides is 3. The number of methoxy groups -OCH3 is 1. The van der Waals surface area contributed by atoms with Crippen LogP contribution in [0.4, 0.5) is 13.2 Å². The quantitative estimate of drug-likeness (QED) is 0.259. The van der Waals surface area contributed by atoms with E-state index >= 15 is 0 Å². The summed E-state index contributed by atoms with van der Waals surface area (Å²) in [6.45, 7) is -0.256. The van der Waals surface area contributed by atoms with Gasteiger partial charge in [-0.15, -0.1) is 0 Å². The fraction of sp³-hybridized carbons (Fsp3) is 0.542. The molecule has 0 bridgehead atoms. The van der Waals surface area contributed by atoms with E-state index in [0.29, 0.717) is 25.7 Å². The molecule has 0 radical (unpaired) electrons. The molecule has 1 aromatic carbocycles. The maximum Gasteiger partial charge on any atom is 0.416 e. The van der Waals surface area contributed by atoms with Gasteiger partial charge in [0.25, 0.3) is 0 Å². The second-order valence-corrected chi connectivity index (χ2v) is 8.08. The van der Waals surface area contributed by atoms with Crippen LogP contribution in [0.15, 0.2) is 48.6 Å². The summed E-state index contributed by atoms with van der Waals surface area (Å²) in [5.41, 5.74) is -0.839. The normalized spacial score (nSPS) is 24.5. The third-order valence-electron chi connectivity index (χ3n) is 5.61. The molecule has 0 amide bonds. The highest BCUT2D eigenvalue weighted by Gasteiger charge is 2.39. The number of rotatable bonds is 11. The van der Waals surface area contributed by atoms with Gasteiger partial charge in [-0.25, -0.2) is 0 Å². The van der Waals surface area contributed by atoms with Gasteiger partial charge < -0.3 is 24.8 Å². The van der Waals surface area contributed by atoms with Gasteiger partial charge >= 0.3 is 12.1 Å². The average molecular weight is 473 g/mol. The van der Waals surface area contributed by atoms with E-state index in [-0.39, 0.29) is 36.6 Å². The Morgan fingerprint density at radius 2 is 2.00 bits per heavy atom. The monoisotopic (exact) mass is 472 g/mol. The topological polar surface area (TPSA) is 96.2 Å². The first-order chi connectivity index (χ1) is 15.6. The number of hydrogen-bond donors (Lipinski definition) is 3. The summed E-state index contributed by atoms with van der Waals surface area (Å²) in [6, 6.07) is 4.39. The van der Waals surface area contributed by atoms with Crippen LogP contribution in [0.1, 0.15) is 37.7 Å². The van der Waals surface area contributed by atoms with E-state index in [1.54, 1.807) is 6.08 Å². The van der Waals surface area contributed by atoms with Gasteiger partial charge in [0.1, 0.15) is 18.5 Å². The van der Waals surface area contributed by atoms with Crippen molar-refractivity contribution < 1.29 is 42.8 Å². The lowest BCUT2D eigenvalue weighted by Gasteiger charge is -2.19. The van der Waals surface area contributed by atoms with Crippen molar-refractivity contribution in [2.75, 3.05) is 13.7 Å². The summed E-state index contributed by atoms with van der Waals surface area (Å²) >= 11 is 0. The number of allylic oxidation sites excluding steroid dienone is 2. The summed E-state index contributed by atoms with van der Waals surface area (Å²) in [6.07, 6.45) is 2.21. The minimum Gasteiger partial charge on any atom is -0.491 e. The third kappa shape index (κ3) is 8.83. The van der Waals surface area contributed by atoms with Crippen molar-refractivity contribution in [1.82, 2.24) is 0 Å². The molecule has 184 valence electrons. The molecule has 3 N–H and O–H groups in total. The van der Waals surface area contributed by atoms with Crippen molar-refractivity contribution in [1.29, 1.82) is 0 Å². The largest absolute Gasteiger partial charge is 0.491 e. The molecule has 6 nitrogen and oxygen atoms in total. The van der Waals surface area contributed by atoms with Gasteiger partial charge in [0.2, 0.25) is 0 Å². The Morgan fingerprint density at radius 3 is 2.70 bits per heavy atom. The first-order valence-electron chi connectivity index (χ1n) is 10.9. The minimum absolute atomic E-state index is 0.0104. The Labute approximate surface area is 191 Å². The van der Waals surface area contributed by atoms with Crippen molar-refractivity contribution in [2.45, 2.75) is 56.6 Å². The number of carbonyl (C=O) groups excluding carboxylic acids is 1. The van der Waals surface area contributed by atoms with Gasteiger partial charge in [-0.05, 0) is 43.4 Å². The Bertz CT molecular complexity index is 808. The molecule has 0 unspecified atom stereocenters. The van der Waals surface area contributed by atoms with E-state index in [1.165, 1.54) is 25.3 Å². The number of halogens is 3. The zero-order valence-corrected chi connectivity index (χ0v) is 18.4. The summed E-state index contributed by atoms with van der Waals surface area (Å²) in [5.74, 6) is -0.907. The highest BCUT2D eigenvalue weighted by Crippen LogP contribution is 2.36. The number of hydrogen-bond acceptors (Lipinski definition) is 6. The van der Waals surface area contributed by atoms with Crippen LogP contribution in [0.2, 0.25) is 0 Å². The lowest BCUT2D eigenvalue weighted by molar-refractivity contribution is -0.140. The molecule has 0 aliphatic heterocycles. The molecule has 33 heavy (non-hydrogen) atoms. The Kier molecular flexibility index (Phi) is 10.4. The maximum absolute atomic E-state index is 12.8. The van der Waals surface area contributed by atoms with E-state index in [2.05, 4.69) is 4.74 Å². The fourth-order valence-corrected chi connectivity index (χ4v) is 3.80. The van der Waals surface area contributed by atoms with E-state index in [1.807, 2.05) is 12.2 Å². The van der Waals surface area contributed by atoms with Gasteiger partial charge in [0, 0.05) is 18.8 Å². The van der Waals surface area contributed by atoms with E-state index in [4.69, 9.17) is 4.74 Å². The fourth-order valence-electron chi connectivity index (χ4n) is 3.80. The Hall–Kier alpha value is -2.36. The van der Waals surface area contributed by atoms with E-state index in [0.717, 1.165) is 12.1 Å². The molecule has 1 fully saturated rings. The number of esters is 1. The predicted octanol–water partition coefficient (Wildman–Crippen LogP) is 3.65. The second-order valence-electron chi connectivity index (χ2n) is 8.08. The molecule has 0 saturated heterocycles. The first kappa shape index (κ1) is 26.9. The molecule has 0 aromatic heterocycles. The van der Waals surface area contributed by atoms with Gasteiger partial charge in [-0.1, -0.05) is 30.4 Å². The van der Waals surface area contributed by atoms with Crippen LogP contribution < -0.4 is 4.74 Å². The van der Waals surface area contributed by atoms with Crippen molar-refractivity contribution in [3.63, 3.8) is 0 Å². The molecule has 1 aromatic rings. The highest BCUT2D eigenvalue weighted by atomic mass is 19.4. The lowest BCUT2D eigenvalue weighted by Crippen LogP contribution is -2.21. The van der Waals surface area contributed by atoms with Crippen LogP contribution in [-0.4, -0.2) is 53.3 Å². The van der Waals surface area contributed by atoms with Crippen molar-refractivity contribution in [3.05, 3.63) is 54.1 Å². The standard InChI is InChI=1S/C24H31F3O6/c1-32-23(31)10-5-3-2-4-9-19-20(22(30)14-21(19)29)12-11-17(28)15-33-18-8-6-7-16(13-18)24(25,26)27/h2,4,6-8,11-13,17,19-22,28-30H,3,5,9-10,14-15H2,1H3/t17-,19-,20+,21-,22-/m1/s1. The summed E-state index contributed by atoms with van der Waals surface area (Å²) < 4.78 is 48.2. The number of ether oxygens (including phenoxy) is 2. The SMILES string of the molecule is COC(=O)CCCC=CC[C@@H]1[C@H](C=C[C@@H](O)COc2cccc(C(F)(F)F)c2)[C@H](O)C[C@H]1O. The van der Waals surface area contributed by atoms with Crippen LogP contribution in [-0.2, 0) is 15.7 Å². The maximum atomic E-state index is 12.8. The lowest BCUT2D eigenvalue weighted by atomic mass is 9.89. The average Bonchev–Trinajstić information content (AvgIpc) is 3.04. The zero-order chi connectivity index (χ0) is 24.4. The van der Waals surface area contributed by atoms with E-state index < -0.39 is 30.1 Å². The number of benzene rings is 1. The number of carbonyl (C=O) groups is 1. The number of aliphatic hydroxyl groups is 3. The van der Waals surface area contributed by atoms with Crippen molar-refractivity contribution >= 4 is 5.97 Å². The molecule has 0 spiro atoms. The minimum atomic E-state index is -4.48. The van der Waals surface area contributed by atoms with Gasteiger partial charge in [-0.3, -0.25) is 4.79 Å².